The zero-order chi connectivity index (χ0) is 14.8. The van der Waals surface area contributed by atoms with Crippen molar-refractivity contribution in [2.75, 3.05) is 0 Å². The maximum atomic E-state index is 12.1. The van der Waals surface area contributed by atoms with Gasteiger partial charge in [0.25, 0.3) is 0 Å². The number of benzene rings is 1. The van der Waals surface area contributed by atoms with Gasteiger partial charge in [0.1, 0.15) is 6.61 Å². The van der Waals surface area contributed by atoms with E-state index >= 15 is 0 Å². The number of esters is 1. The quantitative estimate of drug-likeness (QED) is 0.747. The molecule has 0 aliphatic carbocycles. The van der Waals surface area contributed by atoms with Crippen molar-refractivity contribution in [2.45, 2.75) is 20.5 Å². The largest absolute Gasteiger partial charge is 0.457 e. The number of nitrogens with zero attached hydrogens (tertiary/aromatic N) is 1. The Labute approximate surface area is 122 Å². The van der Waals surface area contributed by atoms with Crippen molar-refractivity contribution in [3.63, 3.8) is 0 Å². The molecule has 4 nitrogen and oxygen atoms in total. The van der Waals surface area contributed by atoms with Crippen LogP contribution in [0.3, 0.4) is 0 Å². The minimum atomic E-state index is -0.294. The summed E-state index contributed by atoms with van der Waals surface area (Å²) in [5, 5.41) is 1.04. The molecule has 0 fully saturated rings. The smallest absolute Gasteiger partial charge is 0.340 e. The molecule has 1 aromatic carbocycles. The molecule has 106 valence electrons. The lowest BCUT2D eigenvalue weighted by molar-refractivity contribution is 0.0471. The van der Waals surface area contributed by atoms with Crippen molar-refractivity contribution in [3.05, 3.63) is 65.1 Å². The summed E-state index contributed by atoms with van der Waals surface area (Å²) in [4.78, 5) is 19.4. The summed E-state index contributed by atoms with van der Waals surface area (Å²) in [5.41, 5.74) is 4.25. The van der Waals surface area contributed by atoms with Crippen LogP contribution in [0.15, 0.2) is 42.7 Å². The zero-order valence-corrected chi connectivity index (χ0v) is 12.0. The molecule has 4 heteroatoms. The maximum absolute atomic E-state index is 12.1. The number of hydrogen-bond acceptors (Lipinski definition) is 3. The first-order valence-electron chi connectivity index (χ1n) is 6.80. The van der Waals surface area contributed by atoms with Crippen LogP contribution in [-0.4, -0.2) is 15.9 Å². The van der Waals surface area contributed by atoms with Crippen LogP contribution >= 0.6 is 0 Å². The number of nitrogens with one attached hydrogen (secondary N) is 1. The molecule has 1 N–H and O–H groups in total. The molecule has 0 radical (unpaired) electrons. The molecule has 21 heavy (non-hydrogen) atoms. The van der Waals surface area contributed by atoms with Crippen LogP contribution in [0.2, 0.25) is 0 Å². The summed E-state index contributed by atoms with van der Waals surface area (Å²) in [6, 6.07) is 9.75. The number of aromatic amines is 1. The molecule has 3 aromatic rings. The number of rotatable bonds is 3. The summed E-state index contributed by atoms with van der Waals surface area (Å²) < 4.78 is 5.40. The third-order valence-electron chi connectivity index (χ3n) is 3.52. The van der Waals surface area contributed by atoms with Crippen LogP contribution in [-0.2, 0) is 11.3 Å². The van der Waals surface area contributed by atoms with Gasteiger partial charge in [-0.3, -0.25) is 4.98 Å². The number of H-pyrrole nitrogens is 1. The average molecular weight is 280 g/mol. The molecule has 3 rings (SSSR count). The minimum Gasteiger partial charge on any atom is -0.457 e. The van der Waals surface area contributed by atoms with Gasteiger partial charge in [-0.2, -0.15) is 0 Å². The molecule has 2 heterocycles. The van der Waals surface area contributed by atoms with Gasteiger partial charge in [-0.25, -0.2) is 4.79 Å². The van der Waals surface area contributed by atoms with Crippen molar-refractivity contribution in [3.8, 4) is 0 Å². The van der Waals surface area contributed by atoms with Crippen LogP contribution in [0.1, 0.15) is 27.2 Å². The predicted octanol–water partition coefficient (Wildman–Crippen LogP) is 3.54. The first-order chi connectivity index (χ1) is 10.1. The molecule has 0 saturated heterocycles. The fourth-order valence-electron chi connectivity index (χ4n) is 2.41. The topological polar surface area (TPSA) is 55.0 Å². The molecule has 0 bridgehead atoms. The Balaban J connectivity index is 1.76. The van der Waals surface area contributed by atoms with Gasteiger partial charge in [-0.1, -0.05) is 12.1 Å². The van der Waals surface area contributed by atoms with E-state index in [4.69, 9.17) is 4.74 Å². The summed E-state index contributed by atoms with van der Waals surface area (Å²) in [5.74, 6) is -0.294. The number of aryl methyl sites for hydroxylation is 2. The second-order valence-electron chi connectivity index (χ2n) is 5.08. The van der Waals surface area contributed by atoms with Gasteiger partial charge in [0.15, 0.2) is 0 Å². The Morgan fingerprint density at radius 3 is 2.90 bits per heavy atom. The monoisotopic (exact) mass is 280 g/mol. The lowest BCUT2D eigenvalue weighted by atomic mass is 10.1. The van der Waals surface area contributed by atoms with Crippen LogP contribution in [0.25, 0.3) is 10.9 Å². The van der Waals surface area contributed by atoms with Crippen molar-refractivity contribution >= 4 is 16.9 Å². The zero-order valence-electron chi connectivity index (χ0n) is 12.0. The lowest BCUT2D eigenvalue weighted by Crippen LogP contribution is -2.07. The SMILES string of the molecule is Cc1c[nH]c(C)c1C(=O)OCc1ccc2ncccc2c1. The number of aromatic nitrogens is 2. The van der Waals surface area contributed by atoms with E-state index < -0.39 is 0 Å². The van der Waals surface area contributed by atoms with Crippen LogP contribution < -0.4 is 0 Å². The van der Waals surface area contributed by atoms with Crippen LogP contribution in [0.5, 0.6) is 0 Å². The number of carbonyl (C=O) groups excluding carboxylic acids is 1. The lowest BCUT2D eigenvalue weighted by Gasteiger charge is -2.06. The molecule has 0 saturated carbocycles. The van der Waals surface area contributed by atoms with E-state index in [-0.39, 0.29) is 12.6 Å². The molecule has 0 aliphatic rings. The Bertz CT molecular complexity index is 786. The van der Waals surface area contributed by atoms with Gasteiger partial charge < -0.3 is 9.72 Å². The van der Waals surface area contributed by atoms with Gasteiger partial charge >= 0.3 is 5.97 Å². The standard InChI is InChI=1S/C17H16N2O2/c1-11-9-19-12(2)16(11)17(20)21-10-13-5-6-15-14(8-13)4-3-7-18-15/h3-9,19H,10H2,1-2H3. The molecule has 0 aliphatic heterocycles. The summed E-state index contributed by atoms with van der Waals surface area (Å²) in [6.07, 6.45) is 3.58. The van der Waals surface area contributed by atoms with Crippen molar-refractivity contribution < 1.29 is 9.53 Å². The molecule has 0 amide bonds. The van der Waals surface area contributed by atoms with E-state index in [1.54, 1.807) is 6.20 Å². The van der Waals surface area contributed by atoms with E-state index in [0.717, 1.165) is 27.7 Å². The van der Waals surface area contributed by atoms with Gasteiger partial charge in [0.2, 0.25) is 0 Å². The third kappa shape index (κ3) is 2.65. The van der Waals surface area contributed by atoms with Gasteiger partial charge in [0.05, 0.1) is 11.1 Å². The van der Waals surface area contributed by atoms with Gasteiger partial charge in [0, 0.05) is 23.5 Å². The summed E-state index contributed by atoms with van der Waals surface area (Å²) in [7, 11) is 0. The van der Waals surface area contributed by atoms with E-state index in [1.807, 2.05) is 50.4 Å². The van der Waals surface area contributed by atoms with Crippen molar-refractivity contribution in [1.82, 2.24) is 9.97 Å². The van der Waals surface area contributed by atoms with E-state index in [0.29, 0.717) is 5.56 Å². The van der Waals surface area contributed by atoms with Crippen LogP contribution in [0.4, 0.5) is 0 Å². The Morgan fingerprint density at radius 1 is 1.29 bits per heavy atom. The molecule has 0 atom stereocenters. The molecule has 0 spiro atoms. The van der Waals surface area contributed by atoms with E-state index in [2.05, 4.69) is 9.97 Å². The number of ether oxygens (including phenoxy) is 1. The van der Waals surface area contributed by atoms with Crippen molar-refractivity contribution in [2.24, 2.45) is 0 Å². The van der Waals surface area contributed by atoms with E-state index in [1.165, 1.54) is 0 Å². The predicted molar refractivity (Wildman–Crippen MR) is 81.1 cm³/mol. The Kier molecular flexibility index (Phi) is 3.44. The van der Waals surface area contributed by atoms with Crippen molar-refractivity contribution in [1.29, 1.82) is 0 Å². The highest BCUT2D eigenvalue weighted by atomic mass is 16.5. The summed E-state index contributed by atoms with van der Waals surface area (Å²) in [6.45, 7) is 4.01. The van der Waals surface area contributed by atoms with Crippen LogP contribution in [0, 0.1) is 13.8 Å². The Morgan fingerprint density at radius 2 is 2.14 bits per heavy atom. The molecular weight excluding hydrogens is 264 g/mol. The molecule has 0 unspecified atom stereocenters. The highest BCUT2D eigenvalue weighted by Crippen LogP contribution is 2.17. The number of hydrogen-bond donors (Lipinski definition) is 1. The first kappa shape index (κ1) is 13.4. The van der Waals surface area contributed by atoms with Gasteiger partial charge in [-0.15, -0.1) is 0 Å². The molecular formula is C17H16N2O2. The second-order valence-corrected chi connectivity index (χ2v) is 5.08. The third-order valence-corrected chi connectivity index (χ3v) is 3.52. The van der Waals surface area contributed by atoms with Gasteiger partial charge in [-0.05, 0) is 43.2 Å². The first-order valence-corrected chi connectivity index (χ1v) is 6.80. The second kappa shape index (κ2) is 5.40. The number of fused-ring (bicyclic) bond motifs is 1. The number of pyridine rings is 1. The maximum Gasteiger partial charge on any atom is 0.340 e. The molecule has 2 aromatic heterocycles. The minimum absolute atomic E-state index is 0.258. The highest BCUT2D eigenvalue weighted by Gasteiger charge is 2.15. The average Bonchev–Trinajstić information content (AvgIpc) is 2.84. The Hall–Kier alpha value is -2.62. The fraction of sp³-hybridized carbons (Fsp3) is 0.176. The highest BCUT2D eigenvalue weighted by molar-refractivity contribution is 5.92. The normalized spacial score (nSPS) is 10.8. The number of carbonyl (C=O) groups is 1. The fourth-order valence-corrected chi connectivity index (χ4v) is 2.41. The summed E-state index contributed by atoms with van der Waals surface area (Å²) >= 11 is 0. The van der Waals surface area contributed by atoms with E-state index in [9.17, 15) is 4.79 Å².